The van der Waals surface area contributed by atoms with E-state index in [1.807, 2.05) is 13.0 Å². The Kier molecular flexibility index (Phi) is 5.19. The summed E-state index contributed by atoms with van der Waals surface area (Å²) in [4.78, 5) is 11.0. The Morgan fingerprint density at radius 3 is 2.53 bits per heavy atom. The second-order valence-corrected chi connectivity index (χ2v) is 4.47. The predicted octanol–water partition coefficient (Wildman–Crippen LogP) is 2.49. The highest BCUT2D eigenvalue weighted by Crippen LogP contribution is 2.16. The molecule has 1 aromatic rings. The predicted molar refractivity (Wildman–Crippen MR) is 73.2 cm³/mol. The number of anilines is 2. The van der Waals surface area contributed by atoms with Crippen molar-refractivity contribution in [3.63, 3.8) is 0 Å². The second-order valence-electron chi connectivity index (χ2n) is 4.47. The Balaban J connectivity index is 2.90. The lowest BCUT2D eigenvalue weighted by molar-refractivity contribution is 0.545. The van der Waals surface area contributed by atoms with Gasteiger partial charge in [-0.3, -0.25) is 0 Å². The second kappa shape index (κ2) is 6.42. The topological polar surface area (TPSA) is 55.0 Å². The molecule has 0 amide bonds. The third kappa shape index (κ3) is 3.88. The van der Waals surface area contributed by atoms with Crippen molar-refractivity contribution in [2.45, 2.75) is 40.5 Å². The van der Waals surface area contributed by atoms with Crippen LogP contribution in [-0.4, -0.2) is 23.1 Å². The van der Waals surface area contributed by atoms with Crippen LogP contribution in [0, 0.1) is 5.92 Å². The highest BCUT2D eigenvalue weighted by molar-refractivity contribution is 5.47. The first-order chi connectivity index (χ1) is 8.10. The fourth-order valence-electron chi connectivity index (χ4n) is 1.71. The van der Waals surface area contributed by atoms with E-state index in [2.05, 4.69) is 35.6 Å². The molecule has 0 saturated heterocycles. The van der Waals surface area contributed by atoms with Gasteiger partial charge in [0, 0.05) is 25.6 Å². The lowest BCUT2D eigenvalue weighted by Crippen LogP contribution is -2.29. The van der Waals surface area contributed by atoms with E-state index in [1.165, 1.54) is 6.42 Å². The van der Waals surface area contributed by atoms with Crippen LogP contribution in [0.3, 0.4) is 0 Å². The number of aromatic nitrogens is 2. The fourth-order valence-corrected chi connectivity index (χ4v) is 1.71. The first-order valence-corrected chi connectivity index (χ1v) is 6.49. The summed E-state index contributed by atoms with van der Waals surface area (Å²) in [6, 6.07) is 1.87. The zero-order chi connectivity index (χ0) is 12.8. The van der Waals surface area contributed by atoms with Crippen molar-refractivity contribution in [3.05, 3.63) is 11.9 Å². The third-order valence-electron chi connectivity index (χ3n) is 3.03. The Bertz CT molecular complexity index is 351. The van der Waals surface area contributed by atoms with Crippen LogP contribution in [0.25, 0.3) is 0 Å². The molecule has 1 heterocycles. The third-order valence-corrected chi connectivity index (χ3v) is 3.03. The van der Waals surface area contributed by atoms with Crippen molar-refractivity contribution < 1.29 is 0 Å². The number of hydrogen-bond acceptors (Lipinski definition) is 4. The molecule has 0 aliphatic rings. The van der Waals surface area contributed by atoms with E-state index >= 15 is 0 Å². The summed E-state index contributed by atoms with van der Waals surface area (Å²) < 4.78 is 0. The van der Waals surface area contributed by atoms with Gasteiger partial charge in [0.05, 0.1) is 0 Å². The van der Waals surface area contributed by atoms with Gasteiger partial charge < -0.3 is 10.6 Å². The van der Waals surface area contributed by atoms with Crippen LogP contribution in [0.2, 0.25) is 0 Å². The maximum Gasteiger partial charge on any atom is 0.134 e. The van der Waals surface area contributed by atoms with E-state index in [9.17, 15) is 0 Å². The van der Waals surface area contributed by atoms with Crippen molar-refractivity contribution in [1.82, 2.24) is 9.97 Å². The molecule has 1 aromatic heterocycles. The standard InChI is InChI=1S/C13H24N4/c1-5-10(4)9-17(7-3)13-8-11(14)15-12(6-2)16-13/h8,10H,5-7,9H2,1-4H3,(H2,14,15,16). The summed E-state index contributed by atoms with van der Waals surface area (Å²) in [6.45, 7) is 10.6. The number of nitrogen functional groups attached to an aromatic ring is 1. The number of aryl methyl sites for hydroxylation is 1. The lowest BCUT2D eigenvalue weighted by atomic mass is 10.1. The normalized spacial score (nSPS) is 12.5. The van der Waals surface area contributed by atoms with Crippen molar-refractivity contribution in [3.8, 4) is 0 Å². The zero-order valence-corrected chi connectivity index (χ0v) is 11.4. The summed E-state index contributed by atoms with van der Waals surface area (Å²) in [5.41, 5.74) is 5.81. The summed E-state index contributed by atoms with van der Waals surface area (Å²) in [6.07, 6.45) is 2.00. The van der Waals surface area contributed by atoms with Crippen molar-refractivity contribution in [1.29, 1.82) is 0 Å². The van der Waals surface area contributed by atoms with Crippen LogP contribution >= 0.6 is 0 Å². The van der Waals surface area contributed by atoms with Crippen LogP contribution in [0.4, 0.5) is 11.6 Å². The summed E-state index contributed by atoms with van der Waals surface area (Å²) >= 11 is 0. The number of nitrogens with two attached hydrogens (primary N) is 1. The molecule has 17 heavy (non-hydrogen) atoms. The van der Waals surface area contributed by atoms with E-state index in [0.717, 1.165) is 31.2 Å². The molecule has 1 unspecified atom stereocenters. The molecule has 0 spiro atoms. The SMILES string of the molecule is CCc1nc(N)cc(N(CC)CC(C)CC)n1. The van der Waals surface area contributed by atoms with Gasteiger partial charge in [0.15, 0.2) is 0 Å². The van der Waals surface area contributed by atoms with Crippen LogP contribution in [0.15, 0.2) is 6.07 Å². The van der Waals surface area contributed by atoms with Gasteiger partial charge in [-0.1, -0.05) is 27.2 Å². The van der Waals surface area contributed by atoms with Crippen molar-refractivity contribution in [2.75, 3.05) is 23.7 Å². The summed E-state index contributed by atoms with van der Waals surface area (Å²) in [7, 11) is 0. The maximum absolute atomic E-state index is 5.81. The molecule has 96 valence electrons. The van der Waals surface area contributed by atoms with Gasteiger partial charge in [-0.05, 0) is 12.8 Å². The average molecular weight is 236 g/mol. The number of hydrogen-bond donors (Lipinski definition) is 1. The van der Waals surface area contributed by atoms with Gasteiger partial charge in [0.25, 0.3) is 0 Å². The van der Waals surface area contributed by atoms with E-state index in [4.69, 9.17) is 5.73 Å². The molecule has 0 fully saturated rings. The first-order valence-electron chi connectivity index (χ1n) is 6.49. The minimum atomic E-state index is 0.564. The van der Waals surface area contributed by atoms with Crippen LogP contribution in [0.5, 0.6) is 0 Å². The van der Waals surface area contributed by atoms with E-state index < -0.39 is 0 Å². The van der Waals surface area contributed by atoms with E-state index in [1.54, 1.807) is 0 Å². The average Bonchev–Trinajstić information content (AvgIpc) is 2.34. The van der Waals surface area contributed by atoms with Gasteiger partial charge in [-0.15, -0.1) is 0 Å². The molecule has 1 atom stereocenters. The molecule has 4 heteroatoms. The van der Waals surface area contributed by atoms with Crippen LogP contribution in [0.1, 0.15) is 39.9 Å². The van der Waals surface area contributed by atoms with Crippen LogP contribution < -0.4 is 10.6 Å². The van der Waals surface area contributed by atoms with Crippen molar-refractivity contribution >= 4 is 11.6 Å². The molecule has 1 rings (SSSR count). The summed E-state index contributed by atoms with van der Waals surface area (Å²) in [5.74, 6) is 3.01. The molecule has 4 nitrogen and oxygen atoms in total. The molecular weight excluding hydrogens is 212 g/mol. The minimum Gasteiger partial charge on any atom is -0.384 e. The molecule has 0 saturated carbocycles. The Morgan fingerprint density at radius 2 is 2.00 bits per heavy atom. The van der Waals surface area contributed by atoms with Gasteiger partial charge in [-0.2, -0.15) is 0 Å². The highest BCUT2D eigenvalue weighted by atomic mass is 15.2. The van der Waals surface area contributed by atoms with Crippen LogP contribution in [-0.2, 0) is 6.42 Å². The Hall–Kier alpha value is -1.32. The Morgan fingerprint density at radius 1 is 1.29 bits per heavy atom. The number of nitrogens with zero attached hydrogens (tertiary/aromatic N) is 3. The van der Waals surface area contributed by atoms with Gasteiger partial charge in [0.1, 0.15) is 17.5 Å². The number of rotatable bonds is 6. The van der Waals surface area contributed by atoms with E-state index in [0.29, 0.717) is 11.7 Å². The Labute approximate surface area is 104 Å². The smallest absolute Gasteiger partial charge is 0.134 e. The molecule has 0 radical (unpaired) electrons. The zero-order valence-electron chi connectivity index (χ0n) is 11.4. The molecule has 0 aromatic carbocycles. The largest absolute Gasteiger partial charge is 0.384 e. The van der Waals surface area contributed by atoms with Gasteiger partial charge in [-0.25, -0.2) is 9.97 Å². The van der Waals surface area contributed by atoms with Gasteiger partial charge in [0.2, 0.25) is 0 Å². The molecule has 0 aliphatic carbocycles. The quantitative estimate of drug-likeness (QED) is 0.824. The fraction of sp³-hybridized carbons (Fsp3) is 0.692. The van der Waals surface area contributed by atoms with Crippen molar-refractivity contribution in [2.24, 2.45) is 5.92 Å². The molecule has 0 aliphatic heterocycles. The highest BCUT2D eigenvalue weighted by Gasteiger charge is 2.11. The summed E-state index contributed by atoms with van der Waals surface area (Å²) in [5, 5.41) is 0. The molecule has 2 N–H and O–H groups in total. The first kappa shape index (κ1) is 13.7. The minimum absolute atomic E-state index is 0.564. The molecular formula is C13H24N4. The molecule has 0 bridgehead atoms. The lowest BCUT2D eigenvalue weighted by Gasteiger charge is -2.25. The maximum atomic E-state index is 5.81. The monoisotopic (exact) mass is 236 g/mol. The van der Waals surface area contributed by atoms with Gasteiger partial charge >= 0.3 is 0 Å². The van der Waals surface area contributed by atoms with E-state index in [-0.39, 0.29) is 0 Å².